The van der Waals surface area contributed by atoms with Crippen molar-refractivity contribution in [2.24, 2.45) is 0 Å². The Morgan fingerprint density at radius 1 is 1.33 bits per heavy atom. The highest BCUT2D eigenvalue weighted by atomic mass is 32.1. The minimum Gasteiger partial charge on any atom is -0.339 e. The Balaban J connectivity index is 1.75. The van der Waals surface area contributed by atoms with E-state index in [0.29, 0.717) is 6.04 Å². The van der Waals surface area contributed by atoms with Crippen molar-refractivity contribution in [2.45, 2.75) is 25.3 Å². The number of thiazole rings is 1. The lowest BCUT2D eigenvalue weighted by molar-refractivity contribution is 0.0759. The van der Waals surface area contributed by atoms with Crippen LogP contribution in [0.15, 0.2) is 23.7 Å². The van der Waals surface area contributed by atoms with Crippen molar-refractivity contribution in [3.05, 3.63) is 29.3 Å². The average molecular weight is 303 g/mol. The lowest BCUT2D eigenvalue weighted by Crippen LogP contribution is -2.33. The van der Waals surface area contributed by atoms with Gasteiger partial charge in [-0.1, -0.05) is 0 Å². The van der Waals surface area contributed by atoms with Gasteiger partial charge in [-0.05, 0) is 51.6 Å². The molecule has 1 aliphatic rings. The Hall–Kier alpha value is -1.46. The standard InChI is InChI=1S/C16H21N3OS/c1-18(2)13-4-3-8-19(9-7-13)16(20)12-5-6-14-15(10-12)21-11-17-14/h5-6,10-11,13H,3-4,7-9H2,1-2H3/t13-/m0/s1. The van der Waals surface area contributed by atoms with Gasteiger partial charge in [0.1, 0.15) is 0 Å². The summed E-state index contributed by atoms with van der Waals surface area (Å²) in [5.74, 6) is 0.157. The Morgan fingerprint density at radius 3 is 3.00 bits per heavy atom. The molecule has 4 nitrogen and oxygen atoms in total. The number of carbonyl (C=O) groups is 1. The molecule has 0 spiro atoms. The van der Waals surface area contributed by atoms with Crippen LogP contribution >= 0.6 is 11.3 Å². The van der Waals surface area contributed by atoms with Crippen LogP contribution in [-0.4, -0.2) is 53.9 Å². The van der Waals surface area contributed by atoms with E-state index in [9.17, 15) is 4.79 Å². The molecule has 2 aromatic rings. The monoisotopic (exact) mass is 303 g/mol. The van der Waals surface area contributed by atoms with Crippen LogP contribution in [0.4, 0.5) is 0 Å². The molecule has 0 radical (unpaired) electrons. The van der Waals surface area contributed by atoms with Gasteiger partial charge >= 0.3 is 0 Å². The number of fused-ring (bicyclic) bond motifs is 1. The van der Waals surface area contributed by atoms with E-state index >= 15 is 0 Å². The van der Waals surface area contributed by atoms with Crippen LogP contribution in [0, 0.1) is 0 Å². The highest BCUT2D eigenvalue weighted by molar-refractivity contribution is 7.16. The fourth-order valence-electron chi connectivity index (χ4n) is 2.97. The number of aromatic nitrogens is 1. The molecule has 2 heterocycles. The van der Waals surface area contributed by atoms with E-state index < -0.39 is 0 Å². The third kappa shape index (κ3) is 3.09. The number of benzene rings is 1. The normalized spacial score (nSPS) is 20.0. The second-order valence-corrected chi connectivity index (χ2v) is 6.76. The molecule has 1 fully saturated rings. The Labute approximate surface area is 129 Å². The summed E-state index contributed by atoms with van der Waals surface area (Å²) < 4.78 is 1.09. The Kier molecular flexibility index (Phi) is 4.22. The maximum atomic E-state index is 12.7. The van der Waals surface area contributed by atoms with Gasteiger partial charge in [0.25, 0.3) is 5.91 Å². The zero-order chi connectivity index (χ0) is 14.8. The predicted octanol–water partition coefficient (Wildman–Crippen LogP) is 2.85. The van der Waals surface area contributed by atoms with E-state index in [1.807, 2.05) is 28.6 Å². The number of hydrogen-bond acceptors (Lipinski definition) is 4. The highest BCUT2D eigenvalue weighted by Gasteiger charge is 2.22. The molecule has 112 valence electrons. The summed E-state index contributed by atoms with van der Waals surface area (Å²) in [7, 11) is 4.25. The summed E-state index contributed by atoms with van der Waals surface area (Å²) in [4.78, 5) is 21.2. The van der Waals surface area contributed by atoms with Crippen LogP contribution < -0.4 is 0 Å². The van der Waals surface area contributed by atoms with Gasteiger partial charge in [-0.2, -0.15) is 0 Å². The molecule has 0 aliphatic carbocycles. The average Bonchev–Trinajstić information content (AvgIpc) is 2.80. The first-order valence-corrected chi connectivity index (χ1v) is 8.32. The van der Waals surface area contributed by atoms with Gasteiger partial charge in [0.15, 0.2) is 0 Å². The number of rotatable bonds is 2. The fraction of sp³-hybridized carbons (Fsp3) is 0.500. The van der Waals surface area contributed by atoms with Crippen molar-refractivity contribution in [1.82, 2.24) is 14.8 Å². The SMILES string of the molecule is CN(C)[C@H]1CCCN(C(=O)c2ccc3ncsc3c2)CC1. The van der Waals surface area contributed by atoms with E-state index in [-0.39, 0.29) is 5.91 Å². The molecular weight excluding hydrogens is 282 g/mol. The summed E-state index contributed by atoms with van der Waals surface area (Å²) in [6.07, 6.45) is 3.31. The molecule has 0 unspecified atom stereocenters. The third-order valence-electron chi connectivity index (χ3n) is 4.29. The van der Waals surface area contributed by atoms with Crippen LogP contribution in [-0.2, 0) is 0 Å². The third-order valence-corrected chi connectivity index (χ3v) is 5.09. The molecule has 0 N–H and O–H groups in total. The first kappa shape index (κ1) is 14.5. The van der Waals surface area contributed by atoms with Gasteiger partial charge in [0, 0.05) is 24.7 Å². The minimum absolute atomic E-state index is 0.157. The molecule has 1 amide bonds. The maximum Gasteiger partial charge on any atom is 0.253 e. The van der Waals surface area contributed by atoms with Crippen molar-refractivity contribution in [3.8, 4) is 0 Å². The number of likely N-dealkylation sites (tertiary alicyclic amines) is 1. The number of carbonyl (C=O) groups excluding carboxylic acids is 1. The van der Waals surface area contributed by atoms with Gasteiger partial charge in [-0.15, -0.1) is 11.3 Å². The van der Waals surface area contributed by atoms with Crippen molar-refractivity contribution in [1.29, 1.82) is 0 Å². The fourth-order valence-corrected chi connectivity index (χ4v) is 3.69. The molecule has 0 bridgehead atoms. The quantitative estimate of drug-likeness (QED) is 0.856. The first-order valence-electron chi connectivity index (χ1n) is 7.44. The zero-order valence-corrected chi connectivity index (χ0v) is 13.4. The second-order valence-electron chi connectivity index (χ2n) is 5.88. The molecule has 3 rings (SSSR count). The minimum atomic E-state index is 0.157. The van der Waals surface area contributed by atoms with E-state index in [2.05, 4.69) is 24.0 Å². The van der Waals surface area contributed by atoms with E-state index in [4.69, 9.17) is 0 Å². The Bertz CT molecular complexity index is 637. The molecular formula is C16H21N3OS. The number of nitrogens with zero attached hydrogens (tertiary/aromatic N) is 3. The van der Waals surface area contributed by atoms with Crippen LogP contribution in [0.5, 0.6) is 0 Å². The Morgan fingerprint density at radius 2 is 2.19 bits per heavy atom. The van der Waals surface area contributed by atoms with Crippen LogP contribution in [0.3, 0.4) is 0 Å². The lowest BCUT2D eigenvalue weighted by Gasteiger charge is -2.23. The number of hydrogen-bond donors (Lipinski definition) is 0. The predicted molar refractivity (Wildman–Crippen MR) is 86.8 cm³/mol. The number of amides is 1. The molecule has 21 heavy (non-hydrogen) atoms. The lowest BCUT2D eigenvalue weighted by atomic mass is 10.1. The first-order chi connectivity index (χ1) is 10.1. The van der Waals surface area contributed by atoms with Crippen molar-refractivity contribution >= 4 is 27.5 Å². The largest absolute Gasteiger partial charge is 0.339 e. The second kappa shape index (κ2) is 6.12. The van der Waals surface area contributed by atoms with Gasteiger partial charge in [0.05, 0.1) is 15.7 Å². The summed E-state index contributed by atoms with van der Waals surface area (Å²) in [6.45, 7) is 1.71. The van der Waals surface area contributed by atoms with Gasteiger partial charge in [-0.3, -0.25) is 4.79 Å². The van der Waals surface area contributed by atoms with Gasteiger partial charge in [0.2, 0.25) is 0 Å². The molecule has 1 aromatic heterocycles. The summed E-state index contributed by atoms with van der Waals surface area (Å²) >= 11 is 1.59. The molecule has 1 aliphatic heterocycles. The van der Waals surface area contributed by atoms with Crippen LogP contribution in [0.25, 0.3) is 10.2 Å². The molecule has 5 heteroatoms. The molecule has 0 saturated carbocycles. The zero-order valence-electron chi connectivity index (χ0n) is 12.6. The molecule has 1 aromatic carbocycles. The molecule has 1 atom stereocenters. The van der Waals surface area contributed by atoms with Crippen molar-refractivity contribution < 1.29 is 4.79 Å². The van der Waals surface area contributed by atoms with Crippen molar-refractivity contribution in [2.75, 3.05) is 27.2 Å². The highest BCUT2D eigenvalue weighted by Crippen LogP contribution is 2.21. The van der Waals surface area contributed by atoms with Crippen molar-refractivity contribution in [3.63, 3.8) is 0 Å². The van der Waals surface area contributed by atoms with E-state index in [1.54, 1.807) is 11.3 Å². The summed E-state index contributed by atoms with van der Waals surface area (Å²) in [5.41, 5.74) is 3.59. The van der Waals surface area contributed by atoms with Crippen LogP contribution in [0.1, 0.15) is 29.6 Å². The van der Waals surface area contributed by atoms with Crippen LogP contribution in [0.2, 0.25) is 0 Å². The smallest absolute Gasteiger partial charge is 0.253 e. The summed E-state index contributed by atoms with van der Waals surface area (Å²) in [5, 5.41) is 0. The van der Waals surface area contributed by atoms with Gasteiger partial charge in [-0.25, -0.2) is 4.98 Å². The van der Waals surface area contributed by atoms with Gasteiger partial charge < -0.3 is 9.80 Å². The topological polar surface area (TPSA) is 36.4 Å². The van der Waals surface area contributed by atoms with E-state index in [1.165, 1.54) is 6.42 Å². The maximum absolute atomic E-state index is 12.7. The molecule has 1 saturated heterocycles. The van der Waals surface area contributed by atoms with E-state index in [0.717, 1.165) is 41.7 Å². The summed E-state index contributed by atoms with van der Waals surface area (Å²) in [6, 6.07) is 6.41.